The number of carbonyl (C=O) groups excluding carboxylic acids is 2. The van der Waals surface area contributed by atoms with Crippen LogP contribution in [0.5, 0.6) is 0 Å². The molecule has 0 fully saturated rings. The van der Waals surface area contributed by atoms with Gasteiger partial charge in [0.25, 0.3) is 0 Å². The maximum absolute atomic E-state index is 12.0. The lowest BCUT2D eigenvalue weighted by Crippen LogP contribution is -2.28. The molecule has 7 heteroatoms. The van der Waals surface area contributed by atoms with Crippen LogP contribution in [-0.2, 0) is 22.4 Å². The minimum absolute atomic E-state index is 0.0147. The molecule has 3 N–H and O–H groups in total. The van der Waals surface area contributed by atoms with Crippen molar-refractivity contribution in [2.24, 2.45) is 0 Å². The van der Waals surface area contributed by atoms with Crippen molar-refractivity contribution in [2.45, 2.75) is 44.9 Å². The zero-order valence-corrected chi connectivity index (χ0v) is 17.8. The number of hydrogen-bond acceptors (Lipinski definition) is 4. The maximum atomic E-state index is 12.0. The molecule has 0 atom stereocenters. The minimum atomic E-state index is -0.423. The van der Waals surface area contributed by atoms with Crippen LogP contribution in [0.3, 0.4) is 0 Å². The fraction of sp³-hybridized carbons (Fsp3) is 0.391. The average molecular weight is 430 g/mol. The fourth-order valence-electron chi connectivity index (χ4n) is 3.81. The molecule has 0 spiro atoms. The highest BCUT2D eigenvalue weighted by atomic mass is 35.5. The van der Waals surface area contributed by atoms with Crippen molar-refractivity contribution in [3.8, 4) is 0 Å². The summed E-state index contributed by atoms with van der Waals surface area (Å²) >= 11 is 6.29. The number of aryl methyl sites for hydroxylation is 2. The van der Waals surface area contributed by atoms with Gasteiger partial charge in [-0.25, -0.2) is 5.48 Å². The monoisotopic (exact) mass is 429 g/mol. The van der Waals surface area contributed by atoms with E-state index in [2.05, 4.69) is 40.5 Å². The Balaban J connectivity index is 1.54. The van der Waals surface area contributed by atoms with Gasteiger partial charge in [0, 0.05) is 42.3 Å². The number of nitrogens with one attached hydrogen (secondary N) is 2. The van der Waals surface area contributed by atoms with Crippen molar-refractivity contribution >= 4 is 34.8 Å². The number of fused-ring (bicyclic) bond motifs is 2. The molecule has 2 amide bonds. The number of hydroxylamine groups is 1. The number of carbonyl (C=O) groups is 2. The third kappa shape index (κ3) is 5.97. The SMILES string of the molecule is O=C(CCCCC(=O)NCCCN1c2ccccc2CCc2ccc(Cl)cc21)NO. The van der Waals surface area contributed by atoms with Gasteiger partial charge in [-0.05, 0) is 61.4 Å². The molecule has 6 nitrogen and oxygen atoms in total. The standard InChI is InChI=1S/C23H28ClN3O3/c24-19-13-12-18-11-10-17-6-1-2-7-20(17)27(21(18)16-19)15-5-14-25-22(28)8-3-4-9-23(29)26-30/h1-2,6-7,12-13,16,30H,3-5,8-11,14-15H2,(H,25,28)(H,26,29). The van der Waals surface area contributed by atoms with E-state index in [1.165, 1.54) is 16.8 Å². The molecule has 0 radical (unpaired) electrons. The van der Waals surface area contributed by atoms with Crippen LogP contribution in [0.15, 0.2) is 42.5 Å². The summed E-state index contributed by atoms with van der Waals surface area (Å²) in [6, 6.07) is 14.5. The Morgan fingerprint density at radius 1 is 0.933 bits per heavy atom. The predicted molar refractivity (Wildman–Crippen MR) is 118 cm³/mol. The van der Waals surface area contributed by atoms with E-state index in [1.54, 1.807) is 5.48 Å². The second kappa shape index (κ2) is 11.0. The van der Waals surface area contributed by atoms with Crippen molar-refractivity contribution in [3.05, 3.63) is 58.6 Å². The molecule has 1 aliphatic rings. The molecule has 0 bridgehead atoms. The molecule has 1 heterocycles. The van der Waals surface area contributed by atoms with Gasteiger partial charge in [0.1, 0.15) is 0 Å². The first-order valence-corrected chi connectivity index (χ1v) is 10.8. The van der Waals surface area contributed by atoms with Crippen molar-refractivity contribution in [1.29, 1.82) is 0 Å². The molecule has 1 aliphatic heterocycles. The summed E-state index contributed by atoms with van der Waals surface area (Å²) in [7, 11) is 0. The first-order valence-electron chi connectivity index (χ1n) is 10.4. The van der Waals surface area contributed by atoms with Gasteiger partial charge in [-0.1, -0.05) is 35.9 Å². The summed E-state index contributed by atoms with van der Waals surface area (Å²) in [6.07, 6.45) is 4.56. The van der Waals surface area contributed by atoms with Crippen LogP contribution in [0.4, 0.5) is 11.4 Å². The molecule has 0 aliphatic carbocycles. The van der Waals surface area contributed by atoms with Crippen LogP contribution in [0.25, 0.3) is 0 Å². The van der Waals surface area contributed by atoms with E-state index < -0.39 is 5.91 Å². The Bertz CT molecular complexity index is 888. The van der Waals surface area contributed by atoms with Crippen LogP contribution in [0.1, 0.15) is 43.2 Å². The van der Waals surface area contributed by atoms with E-state index in [0.717, 1.165) is 36.5 Å². The van der Waals surface area contributed by atoms with Crippen LogP contribution < -0.4 is 15.7 Å². The highest BCUT2D eigenvalue weighted by Gasteiger charge is 2.20. The maximum Gasteiger partial charge on any atom is 0.243 e. The number of nitrogens with zero attached hydrogens (tertiary/aromatic N) is 1. The smallest absolute Gasteiger partial charge is 0.243 e. The van der Waals surface area contributed by atoms with E-state index >= 15 is 0 Å². The number of benzene rings is 2. The molecule has 0 saturated heterocycles. The molecule has 0 aromatic heterocycles. The summed E-state index contributed by atoms with van der Waals surface area (Å²) in [6.45, 7) is 1.37. The third-order valence-corrected chi connectivity index (χ3v) is 5.58. The lowest BCUT2D eigenvalue weighted by Gasteiger charge is -2.27. The number of rotatable bonds is 9. The molecule has 160 valence electrons. The lowest BCUT2D eigenvalue weighted by atomic mass is 10.0. The average Bonchev–Trinajstić information content (AvgIpc) is 2.90. The molecule has 0 saturated carbocycles. The predicted octanol–water partition coefficient (Wildman–Crippen LogP) is 4.15. The molecule has 2 aromatic rings. The lowest BCUT2D eigenvalue weighted by molar-refractivity contribution is -0.129. The summed E-state index contributed by atoms with van der Waals surface area (Å²) in [5, 5.41) is 12.1. The summed E-state index contributed by atoms with van der Waals surface area (Å²) in [5.74, 6) is -0.437. The van der Waals surface area contributed by atoms with E-state index in [-0.39, 0.29) is 12.3 Å². The largest absolute Gasteiger partial charge is 0.356 e. The van der Waals surface area contributed by atoms with Crippen LogP contribution in [0.2, 0.25) is 5.02 Å². The third-order valence-electron chi connectivity index (χ3n) is 5.35. The number of hydrogen-bond donors (Lipinski definition) is 3. The first kappa shape index (κ1) is 22.1. The first-order chi connectivity index (χ1) is 14.6. The Morgan fingerprint density at radius 3 is 2.40 bits per heavy atom. The Hall–Kier alpha value is -2.57. The van der Waals surface area contributed by atoms with Gasteiger partial charge in [-0.2, -0.15) is 0 Å². The van der Waals surface area contributed by atoms with Crippen molar-refractivity contribution < 1.29 is 14.8 Å². The zero-order valence-electron chi connectivity index (χ0n) is 17.0. The second-order valence-electron chi connectivity index (χ2n) is 7.50. The van der Waals surface area contributed by atoms with Crippen LogP contribution in [0, 0.1) is 0 Å². The zero-order chi connectivity index (χ0) is 21.3. The second-order valence-corrected chi connectivity index (χ2v) is 7.94. The molecule has 30 heavy (non-hydrogen) atoms. The Morgan fingerprint density at radius 2 is 1.63 bits per heavy atom. The number of anilines is 2. The van der Waals surface area contributed by atoms with E-state index in [4.69, 9.17) is 16.8 Å². The molecule has 2 aromatic carbocycles. The van der Waals surface area contributed by atoms with Gasteiger partial charge >= 0.3 is 0 Å². The van der Waals surface area contributed by atoms with E-state index in [0.29, 0.717) is 25.8 Å². The number of amides is 2. The van der Waals surface area contributed by atoms with Crippen LogP contribution in [-0.4, -0.2) is 30.1 Å². The molecular weight excluding hydrogens is 402 g/mol. The van der Waals surface area contributed by atoms with Crippen LogP contribution >= 0.6 is 11.6 Å². The Kier molecular flexibility index (Phi) is 8.11. The Labute approximate surface area is 182 Å². The highest BCUT2D eigenvalue weighted by molar-refractivity contribution is 6.30. The van der Waals surface area contributed by atoms with Crippen molar-refractivity contribution in [1.82, 2.24) is 10.8 Å². The molecule has 3 rings (SSSR count). The number of halogens is 1. The van der Waals surface area contributed by atoms with Gasteiger partial charge in [0.2, 0.25) is 11.8 Å². The number of para-hydroxylation sites is 1. The summed E-state index contributed by atoms with van der Waals surface area (Å²) in [4.78, 5) is 25.3. The van der Waals surface area contributed by atoms with Crippen molar-refractivity contribution in [2.75, 3.05) is 18.0 Å². The van der Waals surface area contributed by atoms with Gasteiger partial charge in [0.05, 0.1) is 0 Å². The molecule has 0 unspecified atom stereocenters. The molecular formula is C23H28ClN3O3. The quantitative estimate of drug-likeness (QED) is 0.318. The van der Waals surface area contributed by atoms with E-state index in [9.17, 15) is 9.59 Å². The normalized spacial score (nSPS) is 12.5. The summed E-state index contributed by atoms with van der Waals surface area (Å²) in [5.41, 5.74) is 6.54. The number of unbranched alkanes of at least 4 members (excludes halogenated alkanes) is 1. The minimum Gasteiger partial charge on any atom is -0.356 e. The summed E-state index contributed by atoms with van der Waals surface area (Å²) < 4.78 is 0. The fourth-order valence-corrected chi connectivity index (χ4v) is 3.97. The van der Waals surface area contributed by atoms with Gasteiger partial charge in [-0.3, -0.25) is 14.8 Å². The highest BCUT2D eigenvalue weighted by Crippen LogP contribution is 2.37. The topological polar surface area (TPSA) is 81.7 Å². The van der Waals surface area contributed by atoms with Gasteiger partial charge in [0.15, 0.2) is 0 Å². The van der Waals surface area contributed by atoms with Gasteiger partial charge in [-0.15, -0.1) is 0 Å². The van der Waals surface area contributed by atoms with Gasteiger partial charge < -0.3 is 10.2 Å². The van der Waals surface area contributed by atoms with Crippen molar-refractivity contribution in [3.63, 3.8) is 0 Å². The van der Waals surface area contributed by atoms with E-state index in [1.807, 2.05) is 12.1 Å².